The Kier molecular flexibility index (Phi) is 5.19. The van der Waals surface area contributed by atoms with Gasteiger partial charge in [0, 0.05) is 40.4 Å². The monoisotopic (exact) mass is 526 g/mol. The Labute approximate surface area is 229 Å². The number of anilines is 1. The molecule has 1 saturated heterocycles. The summed E-state index contributed by atoms with van der Waals surface area (Å²) in [5.41, 5.74) is 1.32. The molecule has 3 atom stereocenters. The Morgan fingerprint density at radius 2 is 1.45 bits per heavy atom. The summed E-state index contributed by atoms with van der Waals surface area (Å²) in [6, 6.07) is 27.5. The lowest BCUT2D eigenvalue weighted by Crippen LogP contribution is -2.48. The van der Waals surface area contributed by atoms with Gasteiger partial charge in [-0.05, 0) is 17.2 Å². The van der Waals surface area contributed by atoms with Crippen LogP contribution in [0.3, 0.4) is 0 Å². The molecule has 40 heavy (non-hydrogen) atoms. The number of nitro groups is 1. The van der Waals surface area contributed by atoms with Crippen molar-refractivity contribution in [3.05, 3.63) is 147 Å². The molecule has 7 rings (SSSR count). The smallest absolute Gasteiger partial charge is 0.270 e. The van der Waals surface area contributed by atoms with E-state index in [9.17, 15) is 24.5 Å². The summed E-state index contributed by atoms with van der Waals surface area (Å²) in [5.74, 6) is -1.86. The Hall–Kier alpha value is -5.17. The fourth-order valence-electron chi connectivity index (χ4n) is 6.89. The topological polar surface area (TPSA) is 97.6 Å². The van der Waals surface area contributed by atoms with Gasteiger partial charge in [0.25, 0.3) is 5.69 Å². The maximum absolute atomic E-state index is 14.6. The van der Waals surface area contributed by atoms with Gasteiger partial charge in [-0.15, -0.1) is 0 Å². The molecule has 2 aliphatic heterocycles. The molecular formula is C33H22N2O5. The number of hydrogen-bond donors (Lipinski definition) is 0. The van der Waals surface area contributed by atoms with Crippen molar-refractivity contribution in [2.24, 2.45) is 5.41 Å². The van der Waals surface area contributed by atoms with Crippen LogP contribution in [-0.4, -0.2) is 34.4 Å². The number of fused-ring (bicyclic) bond motifs is 5. The Balaban J connectivity index is 1.53. The zero-order valence-electron chi connectivity index (χ0n) is 21.1. The fraction of sp³-hybridized carbons (Fsp3) is 0.121. The number of non-ortho nitro benzene ring substituents is 1. The highest BCUT2D eigenvalue weighted by molar-refractivity contribution is 6.32. The van der Waals surface area contributed by atoms with Gasteiger partial charge in [0.15, 0.2) is 17.3 Å². The molecule has 4 aromatic carbocycles. The highest BCUT2D eigenvalue weighted by Crippen LogP contribution is 2.60. The van der Waals surface area contributed by atoms with Crippen LogP contribution in [0, 0.1) is 15.5 Å². The van der Waals surface area contributed by atoms with Crippen molar-refractivity contribution < 1.29 is 19.3 Å². The van der Waals surface area contributed by atoms with Crippen LogP contribution in [0.25, 0.3) is 6.08 Å². The molecule has 7 nitrogen and oxygen atoms in total. The first-order chi connectivity index (χ1) is 19.4. The third-order valence-corrected chi connectivity index (χ3v) is 8.48. The van der Waals surface area contributed by atoms with Crippen LogP contribution >= 0.6 is 0 Å². The van der Waals surface area contributed by atoms with Gasteiger partial charge in [-0.2, -0.15) is 0 Å². The Morgan fingerprint density at radius 3 is 2.15 bits per heavy atom. The summed E-state index contributed by atoms with van der Waals surface area (Å²) in [4.78, 5) is 56.6. The first kappa shape index (κ1) is 23.9. The van der Waals surface area contributed by atoms with Crippen molar-refractivity contribution in [3.63, 3.8) is 0 Å². The minimum absolute atomic E-state index is 0.151. The number of rotatable bonds is 4. The van der Waals surface area contributed by atoms with E-state index in [2.05, 4.69) is 0 Å². The van der Waals surface area contributed by atoms with Crippen LogP contribution in [0.15, 0.2) is 109 Å². The Bertz CT molecular complexity index is 1740. The van der Waals surface area contributed by atoms with Gasteiger partial charge < -0.3 is 4.90 Å². The summed E-state index contributed by atoms with van der Waals surface area (Å²) in [5, 5.41) is 11.6. The molecule has 1 spiro atoms. The number of nitro benzene ring substituents is 1. The second-order valence-corrected chi connectivity index (χ2v) is 10.3. The lowest BCUT2D eigenvalue weighted by molar-refractivity contribution is -0.384. The maximum atomic E-state index is 14.6. The SMILES string of the molecule is O=C(c1cccc([N+](=O)[O-])c1)[C@@H]1[C@H](c2ccccc2)C2(C(=O)c3ccccc3C2=O)[C@H]2C=Cc3ccccc3N12. The lowest BCUT2D eigenvalue weighted by Gasteiger charge is -2.37. The zero-order chi connectivity index (χ0) is 27.6. The number of carbonyl (C=O) groups is 3. The highest BCUT2D eigenvalue weighted by atomic mass is 16.6. The maximum Gasteiger partial charge on any atom is 0.270 e. The molecule has 0 amide bonds. The van der Waals surface area contributed by atoms with Crippen molar-refractivity contribution in [1.29, 1.82) is 0 Å². The van der Waals surface area contributed by atoms with E-state index in [0.29, 0.717) is 16.7 Å². The van der Waals surface area contributed by atoms with Gasteiger partial charge in [0.05, 0.1) is 11.0 Å². The van der Waals surface area contributed by atoms with Crippen molar-refractivity contribution in [2.45, 2.75) is 18.0 Å². The molecule has 194 valence electrons. The molecule has 1 aliphatic carbocycles. The molecule has 0 aromatic heterocycles. The summed E-state index contributed by atoms with van der Waals surface area (Å²) in [6.07, 6.45) is 3.77. The van der Waals surface area contributed by atoms with Gasteiger partial charge >= 0.3 is 0 Å². The van der Waals surface area contributed by atoms with E-state index in [1.54, 1.807) is 30.3 Å². The number of para-hydroxylation sites is 1. The molecule has 2 heterocycles. The van der Waals surface area contributed by atoms with Gasteiger partial charge in [0.1, 0.15) is 11.5 Å². The number of Topliss-reactive ketones (excluding diaryl/α,β-unsaturated/α-hetero) is 3. The van der Waals surface area contributed by atoms with Crippen molar-refractivity contribution >= 4 is 34.8 Å². The predicted molar refractivity (Wildman–Crippen MR) is 150 cm³/mol. The van der Waals surface area contributed by atoms with Crippen LogP contribution < -0.4 is 4.90 Å². The minimum atomic E-state index is -1.60. The molecule has 3 aliphatic rings. The van der Waals surface area contributed by atoms with Crippen LogP contribution in [0.2, 0.25) is 0 Å². The van der Waals surface area contributed by atoms with Gasteiger partial charge in [-0.1, -0.05) is 97.1 Å². The van der Waals surface area contributed by atoms with Crippen molar-refractivity contribution in [1.82, 2.24) is 0 Å². The van der Waals surface area contributed by atoms with E-state index in [1.807, 2.05) is 71.6 Å². The van der Waals surface area contributed by atoms with Crippen LogP contribution in [0.4, 0.5) is 11.4 Å². The van der Waals surface area contributed by atoms with E-state index < -0.39 is 28.3 Å². The van der Waals surface area contributed by atoms with E-state index in [0.717, 1.165) is 11.3 Å². The van der Waals surface area contributed by atoms with E-state index in [4.69, 9.17) is 0 Å². The van der Waals surface area contributed by atoms with Crippen LogP contribution in [0.5, 0.6) is 0 Å². The molecule has 4 aromatic rings. The number of nitrogens with zero attached hydrogens (tertiary/aromatic N) is 2. The number of ketones is 3. The first-order valence-corrected chi connectivity index (χ1v) is 13.0. The molecule has 1 fully saturated rings. The summed E-state index contributed by atoms with van der Waals surface area (Å²) in [6.45, 7) is 0. The highest BCUT2D eigenvalue weighted by Gasteiger charge is 2.71. The standard InChI is InChI=1S/C33H22N2O5/c36-30(22-12-8-13-23(19-22)35(39)40)29-28(21-10-2-1-3-11-21)33(31(37)24-14-5-6-15-25(24)32(33)38)27-18-17-20-9-4-7-16-26(20)34(27)29/h1-19,27-29H/t27-,28+,29+/m1/s1. The third kappa shape index (κ3) is 3.09. The van der Waals surface area contributed by atoms with Crippen molar-refractivity contribution in [3.8, 4) is 0 Å². The second kappa shape index (κ2) is 8.68. The lowest BCUT2D eigenvalue weighted by atomic mass is 9.64. The van der Waals surface area contributed by atoms with E-state index >= 15 is 0 Å². The second-order valence-electron chi connectivity index (χ2n) is 10.3. The molecular weight excluding hydrogens is 504 g/mol. The van der Waals surface area contributed by atoms with Gasteiger partial charge in [-0.25, -0.2) is 0 Å². The van der Waals surface area contributed by atoms with Gasteiger partial charge in [0.2, 0.25) is 0 Å². The van der Waals surface area contributed by atoms with Crippen LogP contribution in [-0.2, 0) is 0 Å². The summed E-state index contributed by atoms with van der Waals surface area (Å²) < 4.78 is 0. The average Bonchev–Trinajstić information content (AvgIpc) is 3.43. The van der Waals surface area contributed by atoms with Crippen molar-refractivity contribution in [2.75, 3.05) is 4.90 Å². The molecule has 0 N–H and O–H groups in total. The molecule has 0 radical (unpaired) electrons. The fourth-order valence-corrected chi connectivity index (χ4v) is 6.89. The average molecular weight is 527 g/mol. The van der Waals surface area contributed by atoms with E-state index in [1.165, 1.54) is 18.2 Å². The summed E-state index contributed by atoms with van der Waals surface area (Å²) in [7, 11) is 0. The molecule has 7 heteroatoms. The third-order valence-electron chi connectivity index (χ3n) is 8.48. The number of carbonyl (C=O) groups excluding carboxylic acids is 3. The quantitative estimate of drug-likeness (QED) is 0.142. The molecule has 0 unspecified atom stereocenters. The summed E-state index contributed by atoms with van der Waals surface area (Å²) >= 11 is 0. The minimum Gasteiger partial charge on any atom is -0.352 e. The normalized spacial score (nSPS) is 21.7. The van der Waals surface area contributed by atoms with Crippen LogP contribution in [0.1, 0.15) is 48.1 Å². The largest absolute Gasteiger partial charge is 0.352 e. The van der Waals surface area contributed by atoms with E-state index in [-0.39, 0.29) is 28.6 Å². The predicted octanol–water partition coefficient (Wildman–Crippen LogP) is 5.91. The van der Waals surface area contributed by atoms with Gasteiger partial charge in [-0.3, -0.25) is 24.5 Å². The number of hydrogen-bond acceptors (Lipinski definition) is 6. The first-order valence-electron chi connectivity index (χ1n) is 13.0. The molecule has 0 bridgehead atoms. The Morgan fingerprint density at radius 1 is 0.800 bits per heavy atom. The zero-order valence-corrected chi connectivity index (χ0v) is 21.1. The number of benzene rings is 4. The molecule has 0 saturated carbocycles.